The molecule has 1 saturated carbocycles. The topological polar surface area (TPSA) is 24.9 Å². The van der Waals surface area contributed by atoms with Crippen molar-refractivity contribution in [2.45, 2.75) is 32.2 Å². The summed E-state index contributed by atoms with van der Waals surface area (Å²) in [6, 6.07) is 5.24. The Bertz CT molecular complexity index is 533. The summed E-state index contributed by atoms with van der Waals surface area (Å²) in [7, 11) is 0. The zero-order chi connectivity index (χ0) is 11.8. The van der Waals surface area contributed by atoms with Gasteiger partial charge in [-0.2, -0.15) is 0 Å². The van der Waals surface area contributed by atoms with Gasteiger partial charge in [-0.25, -0.2) is 9.37 Å². The lowest BCUT2D eigenvalue weighted by atomic mass is 9.80. The third-order valence-corrected chi connectivity index (χ3v) is 4.53. The molecule has 1 aromatic carbocycles. The Labute approximate surface area is 104 Å². The number of fused-ring (bicyclic) bond motifs is 1. The Morgan fingerprint density at radius 2 is 2.29 bits per heavy atom. The van der Waals surface area contributed by atoms with E-state index in [1.54, 1.807) is 17.4 Å². The van der Waals surface area contributed by atoms with E-state index in [1.807, 2.05) is 0 Å². The number of nitrogens with one attached hydrogen (secondary N) is 1. The third kappa shape index (κ3) is 2.14. The molecule has 0 aliphatic heterocycles. The van der Waals surface area contributed by atoms with Crippen molar-refractivity contribution in [2.24, 2.45) is 5.92 Å². The molecule has 1 atom stereocenters. The number of rotatable bonds is 3. The molecule has 1 N–H and O–H groups in total. The first-order chi connectivity index (χ1) is 8.22. The van der Waals surface area contributed by atoms with Crippen LogP contribution in [-0.2, 0) is 0 Å². The monoisotopic (exact) mass is 250 g/mol. The summed E-state index contributed by atoms with van der Waals surface area (Å²) in [5, 5.41) is 4.35. The fourth-order valence-electron chi connectivity index (χ4n) is 2.21. The van der Waals surface area contributed by atoms with E-state index in [-0.39, 0.29) is 5.82 Å². The lowest BCUT2D eigenvalue weighted by Crippen LogP contribution is -2.30. The van der Waals surface area contributed by atoms with E-state index in [9.17, 15) is 4.39 Å². The van der Waals surface area contributed by atoms with Crippen molar-refractivity contribution in [3.8, 4) is 0 Å². The zero-order valence-electron chi connectivity index (χ0n) is 9.74. The van der Waals surface area contributed by atoms with Crippen LogP contribution in [0.25, 0.3) is 10.2 Å². The van der Waals surface area contributed by atoms with Crippen molar-refractivity contribution in [1.29, 1.82) is 0 Å². The summed E-state index contributed by atoms with van der Waals surface area (Å²) in [6.45, 7) is 2.20. The van der Waals surface area contributed by atoms with E-state index >= 15 is 0 Å². The Hall–Kier alpha value is -1.16. The number of anilines is 1. The standard InChI is InChI=1S/C13H15FN2S/c1-8(9-3-2-4-9)15-13-16-11-7-10(14)5-6-12(11)17-13/h5-9H,2-4H2,1H3,(H,15,16). The van der Waals surface area contributed by atoms with Crippen LogP contribution in [0.2, 0.25) is 0 Å². The summed E-state index contributed by atoms with van der Waals surface area (Å²) in [6.07, 6.45) is 3.98. The van der Waals surface area contributed by atoms with E-state index < -0.39 is 0 Å². The van der Waals surface area contributed by atoms with Gasteiger partial charge in [0.1, 0.15) is 5.82 Å². The molecule has 1 aliphatic rings. The predicted molar refractivity (Wildman–Crippen MR) is 70.0 cm³/mol. The van der Waals surface area contributed by atoms with Crippen molar-refractivity contribution < 1.29 is 4.39 Å². The quantitative estimate of drug-likeness (QED) is 0.889. The number of hydrogen-bond donors (Lipinski definition) is 1. The molecule has 17 heavy (non-hydrogen) atoms. The van der Waals surface area contributed by atoms with Crippen LogP contribution in [-0.4, -0.2) is 11.0 Å². The molecule has 0 bridgehead atoms. The zero-order valence-corrected chi connectivity index (χ0v) is 10.6. The molecule has 0 amide bonds. The molecule has 2 nitrogen and oxygen atoms in total. The molecule has 1 unspecified atom stereocenters. The van der Waals surface area contributed by atoms with Crippen molar-refractivity contribution >= 4 is 26.7 Å². The smallest absolute Gasteiger partial charge is 0.184 e. The Morgan fingerprint density at radius 3 is 3.00 bits per heavy atom. The highest BCUT2D eigenvalue weighted by molar-refractivity contribution is 7.22. The highest BCUT2D eigenvalue weighted by atomic mass is 32.1. The first-order valence-electron chi connectivity index (χ1n) is 6.05. The molecular formula is C13H15FN2S. The minimum Gasteiger partial charge on any atom is -0.359 e. The second kappa shape index (κ2) is 4.26. The molecule has 90 valence electrons. The lowest BCUT2D eigenvalue weighted by Gasteiger charge is -2.31. The summed E-state index contributed by atoms with van der Waals surface area (Å²) in [4.78, 5) is 4.42. The Kier molecular flexibility index (Phi) is 2.74. The minimum absolute atomic E-state index is 0.221. The largest absolute Gasteiger partial charge is 0.359 e. The van der Waals surface area contributed by atoms with Crippen LogP contribution >= 0.6 is 11.3 Å². The maximum absolute atomic E-state index is 13.0. The van der Waals surface area contributed by atoms with Gasteiger partial charge in [0.25, 0.3) is 0 Å². The SMILES string of the molecule is CC(Nc1nc2cc(F)ccc2s1)C1CCC1. The van der Waals surface area contributed by atoms with Gasteiger partial charge in [-0.1, -0.05) is 17.8 Å². The van der Waals surface area contributed by atoms with Crippen LogP contribution in [0.4, 0.5) is 9.52 Å². The second-order valence-corrected chi connectivity index (χ2v) is 5.79. The van der Waals surface area contributed by atoms with Crippen molar-refractivity contribution in [3.05, 3.63) is 24.0 Å². The Balaban J connectivity index is 1.80. The van der Waals surface area contributed by atoms with Crippen molar-refractivity contribution in [2.75, 3.05) is 5.32 Å². The third-order valence-electron chi connectivity index (χ3n) is 3.56. The number of nitrogens with zero attached hydrogens (tertiary/aromatic N) is 1. The molecule has 0 spiro atoms. The first kappa shape index (κ1) is 11.0. The lowest BCUT2D eigenvalue weighted by molar-refractivity contribution is 0.285. The van der Waals surface area contributed by atoms with Crippen molar-refractivity contribution in [1.82, 2.24) is 4.98 Å². The molecule has 1 aromatic heterocycles. The average molecular weight is 250 g/mol. The maximum Gasteiger partial charge on any atom is 0.184 e. The van der Waals surface area contributed by atoms with E-state index in [0.29, 0.717) is 6.04 Å². The highest BCUT2D eigenvalue weighted by Gasteiger charge is 2.24. The van der Waals surface area contributed by atoms with Crippen LogP contribution in [0.5, 0.6) is 0 Å². The van der Waals surface area contributed by atoms with E-state index in [0.717, 1.165) is 21.3 Å². The molecular weight excluding hydrogens is 235 g/mol. The van der Waals surface area contributed by atoms with E-state index in [4.69, 9.17) is 0 Å². The average Bonchev–Trinajstić information content (AvgIpc) is 2.55. The van der Waals surface area contributed by atoms with E-state index in [2.05, 4.69) is 17.2 Å². The van der Waals surface area contributed by atoms with Gasteiger partial charge in [-0.05, 0) is 37.8 Å². The summed E-state index contributed by atoms with van der Waals surface area (Å²) in [5.41, 5.74) is 0.748. The van der Waals surface area contributed by atoms with Crippen LogP contribution in [0.15, 0.2) is 18.2 Å². The molecule has 1 aliphatic carbocycles. The Morgan fingerprint density at radius 1 is 1.47 bits per heavy atom. The van der Waals surface area contributed by atoms with Gasteiger partial charge in [0.05, 0.1) is 10.2 Å². The molecule has 0 radical (unpaired) electrons. The van der Waals surface area contributed by atoms with Gasteiger partial charge < -0.3 is 5.32 Å². The molecule has 1 fully saturated rings. The number of halogens is 1. The maximum atomic E-state index is 13.0. The molecule has 2 aromatic rings. The van der Waals surface area contributed by atoms with Gasteiger partial charge in [0.15, 0.2) is 5.13 Å². The molecule has 0 saturated heterocycles. The van der Waals surface area contributed by atoms with E-state index in [1.165, 1.54) is 31.4 Å². The summed E-state index contributed by atoms with van der Waals surface area (Å²) < 4.78 is 14.1. The van der Waals surface area contributed by atoms with Crippen LogP contribution < -0.4 is 5.32 Å². The molecule has 4 heteroatoms. The minimum atomic E-state index is -0.221. The second-order valence-electron chi connectivity index (χ2n) is 4.76. The fraction of sp³-hybridized carbons (Fsp3) is 0.462. The number of aromatic nitrogens is 1. The number of thiazole rings is 1. The van der Waals surface area contributed by atoms with Crippen LogP contribution in [0, 0.1) is 11.7 Å². The fourth-order valence-corrected chi connectivity index (χ4v) is 3.16. The number of hydrogen-bond acceptors (Lipinski definition) is 3. The van der Waals surface area contributed by atoms with Crippen LogP contribution in [0.1, 0.15) is 26.2 Å². The molecule has 3 rings (SSSR count). The summed E-state index contributed by atoms with van der Waals surface area (Å²) >= 11 is 1.60. The first-order valence-corrected chi connectivity index (χ1v) is 6.86. The predicted octanol–water partition coefficient (Wildman–Crippen LogP) is 4.04. The van der Waals surface area contributed by atoms with Crippen LogP contribution in [0.3, 0.4) is 0 Å². The van der Waals surface area contributed by atoms with Gasteiger partial charge in [-0.15, -0.1) is 0 Å². The number of benzene rings is 1. The van der Waals surface area contributed by atoms with Gasteiger partial charge in [0, 0.05) is 12.1 Å². The van der Waals surface area contributed by atoms with Gasteiger partial charge in [-0.3, -0.25) is 0 Å². The summed E-state index contributed by atoms with van der Waals surface area (Å²) in [5.74, 6) is 0.556. The highest BCUT2D eigenvalue weighted by Crippen LogP contribution is 2.33. The van der Waals surface area contributed by atoms with Gasteiger partial charge >= 0.3 is 0 Å². The normalized spacial score (nSPS) is 18.0. The molecule has 1 heterocycles. The van der Waals surface area contributed by atoms with Crippen molar-refractivity contribution in [3.63, 3.8) is 0 Å². The van der Waals surface area contributed by atoms with Gasteiger partial charge in [0.2, 0.25) is 0 Å².